The van der Waals surface area contributed by atoms with Gasteiger partial charge in [0.15, 0.2) is 5.96 Å². The fourth-order valence-electron chi connectivity index (χ4n) is 1.63. The number of nitrogens with zero attached hydrogens (tertiary/aromatic N) is 1. The molecule has 0 aliphatic heterocycles. The zero-order valence-corrected chi connectivity index (χ0v) is 10.4. The highest BCUT2D eigenvalue weighted by atomic mass is 16.6. The van der Waals surface area contributed by atoms with Crippen molar-refractivity contribution < 1.29 is 9.72 Å². The Labute approximate surface area is 109 Å². The Morgan fingerprint density at radius 2 is 2.21 bits per heavy atom. The summed E-state index contributed by atoms with van der Waals surface area (Å²) in [6.45, 7) is 1.93. The van der Waals surface area contributed by atoms with Gasteiger partial charge in [0.05, 0.1) is 4.92 Å². The molecule has 0 aliphatic rings. The fraction of sp³-hybridized carbons (Fsp3) is 0.273. The van der Waals surface area contributed by atoms with E-state index in [0.29, 0.717) is 12.0 Å². The minimum atomic E-state index is -0.779. The highest BCUT2D eigenvalue weighted by molar-refractivity contribution is 6.02. The van der Waals surface area contributed by atoms with E-state index in [0.717, 1.165) is 6.42 Å². The van der Waals surface area contributed by atoms with Gasteiger partial charge < -0.3 is 11.1 Å². The molecule has 0 aliphatic carbocycles. The van der Waals surface area contributed by atoms with Crippen LogP contribution in [-0.4, -0.2) is 16.9 Å². The number of benzene rings is 1. The van der Waals surface area contributed by atoms with E-state index in [1.165, 1.54) is 6.07 Å². The number of nitrogens with two attached hydrogens (primary N) is 1. The maximum absolute atomic E-state index is 11.5. The highest BCUT2D eigenvalue weighted by Crippen LogP contribution is 2.29. The van der Waals surface area contributed by atoms with Gasteiger partial charge in [-0.3, -0.25) is 20.8 Å². The zero-order chi connectivity index (χ0) is 14.4. The van der Waals surface area contributed by atoms with Gasteiger partial charge in [-0.15, -0.1) is 0 Å². The van der Waals surface area contributed by atoms with Crippen LogP contribution in [0, 0.1) is 15.5 Å². The summed E-state index contributed by atoms with van der Waals surface area (Å²) in [4.78, 5) is 21.9. The summed E-state index contributed by atoms with van der Waals surface area (Å²) in [5.41, 5.74) is 5.62. The summed E-state index contributed by atoms with van der Waals surface area (Å²) in [5.74, 6) is -0.534. The van der Waals surface area contributed by atoms with Crippen molar-refractivity contribution in [3.05, 3.63) is 33.9 Å². The number of guanidine groups is 1. The van der Waals surface area contributed by atoms with Crippen LogP contribution in [0.4, 0.5) is 16.2 Å². The van der Waals surface area contributed by atoms with Gasteiger partial charge in [0.2, 0.25) is 0 Å². The lowest BCUT2D eigenvalue weighted by Gasteiger charge is -2.11. The Balaban J connectivity index is 3.10. The summed E-state index contributed by atoms with van der Waals surface area (Å²) in [7, 11) is 0. The van der Waals surface area contributed by atoms with E-state index >= 15 is 0 Å². The first-order chi connectivity index (χ1) is 8.95. The topological polar surface area (TPSA) is 134 Å². The van der Waals surface area contributed by atoms with Crippen LogP contribution in [0.25, 0.3) is 0 Å². The second-order valence-corrected chi connectivity index (χ2v) is 3.81. The number of nitro groups is 1. The van der Waals surface area contributed by atoms with Crippen molar-refractivity contribution in [1.29, 1.82) is 5.41 Å². The summed E-state index contributed by atoms with van der Waals surface area (Å²) in [6.07, 6.45) is 1.38. The van der Waals surface area contributed by atoms with Gasteiger partial charge in [0.25, 0.3) is 5.69 Å². The van der Waals surface area contributed by atoms with Crippen molar-refractivity contribution in [2.75, 3.05) is 5.32 Å². The average Bonchev–Trinajstić information content (AvgIpc) is 2.30. The SMILES string of the molecule is CCCc1cccc([N+](=O)[O-])c1NC(=O)NC(=N)N. The largest absolute Gasteiger partial charge is 0.370 e. The van der Waals surface area contributed by atoms with Crippen LogP contribution in [0.1, 0.15) is 18.9 Å². The summed E-state index contributed by atoms with van der Waals surface area (Å²) in [6, 6.07) is 3.80. The van der Waals surface area contributed by atoms with Crippen LogP contribution in [0.2, 0.25) is 0 Å². The minimum absolute atomic E-state index is 0.133. The van der Waals surface area contributed by atoms with Crippen molar-refractivity contribution in [3.63, 3.8) is 0 Å². The van der Waals surface area contributed by atoms with Crippen LogP contribution in [0.3, 0.4) is 0 Å². The smallest absolute Gasteiger partial charge is 0.326 e. The average molecular weight is 265 g/mol. The van der Waals surface area contributed by atoms with Crippen LogP contribution in [0.15, 0.2) is 18.2 Å². The van der Waals surface area contributed by atoms with E-state index in [9.17, 15) is 14.9 Å². The molecule has 0 fully saturated rings. The number of nitrogens with one attached hydrogen (secondary N) is 3. The molecule has 2 amide bonds. The normalized spacial score (nSPS) is 9.74. The predicted octanol–water partition coefficient (Wildman–Crippen LogP) is 1.56. The lowest BCUT2D eigenvalue weighted by molar-refractivity contribution is -0.384. The number of carbonyl (C=O) groups excluding carboxylic acids is 1. The van der Waals surface area contributed by atoms with E-state index in [2.05, 4.69) is 5.32 Å². The molecule has 19 heavy (non-hydrogen) atoms. The Morgan fingerprint density at radius 1 is 1.53 bits per heavy atom. The Bertz CT molecular complexity index is 515. The number of hydrogen-bond acceptors (Lipinski definition) is 4. The highest BCUT2D eigenvalue weighted by Gasteiger charge is 2.19. The van der Waals surface area contributed by atoms with Gasteiger partial charge in [-0.25, -0.2) is 4.79 Å². The van der Waals surface area contributed by atoms with Crippen LogP contribution in [0.5, 0.6) is 0 Å². The molecule has 0 aromatic heterocycles. The molecular formula is C11H15N5O3. The van der Waals surface area contributed by atoms with E-state index < -0.39 is 16.9 Å². The van der Waals surface area contributed by atoms with E-state index in [4.69, 9.17) is 11.1 Å². The molecule has 8 heteroatoms. The first-order valence-corrected chi connectivity index (χ1v) is 5.64. The Morgan fingerprint density at radius 3 is 2.74 bits per heavy atom. The standard InChI is InChI=1S/C11H15N5O3/c1-2-4-7-5-3-6-8(16(18)19)9(7)14-11(17)15-10(12)13/h3,5-6H,2,4H2,1H3,(H5,12,13,14,15,17). The number of anilines is 1. The lowest BCUT2D eigenvalue weighted by Crippen LogP contribution is -2.39. The molecule has 5 N–H and O–H groups in total. The van der Waals surface area contributed by atoms with Gasteiger partial charge in [0.1, 0.15) is 5.69 Å². The number of amides is 2. The zero-order valence-electron chi connectivity index (χ0n) is 10.4. The number of nitro benzene ring substituents is 1. The van der Waals surface area contributed by atoms with Crippen molar-refractivity contribution in [2.24, 2.45) is 5.73 Å². The first-order valence-electron chi connectivity index (χ1n) is 5.64. The molecule has 8 nitrogen and oxygen atoms in total. The van der Waals surface area contributed by atoms with Crippen LogP contribution in [-0.2, 0) is 6.42 Å². The molecule has 1 rings (SSSR count). The third-order valence-corrected chi connectivity index (χ3v) is 2.33. The first kappa shape index (κ1) is 14.4. The van der Waals surface area contributed by atoms with Crippen molar-refractivity contribution in [2.45, 2.75) is 19.8 Å². The van der Waals surface area contributed by atoms with Crippen molar-refractivity contribution in [1.82, 2.24) is 5.32 Å². The molecule has 0 saturated heterocycles. The summed E-state index contributed by atoms with van der Waals surface area (Å²) >= 11 is 0. The molecule has 0 heterocycles. The molecule has 102 valence electrons. The number of rotatable bonds is 4. The Hall–Kier alpha value is -2.64. The van der Waals surface area contributed by atoms with Gasteiger partial charge >= 0.3 is 6.03 Å². The molecule has 0 atom stereocenters. The lowest BCUT2D eigenvalue weighted by atomic mass is 10.1. The number of aryl methyl sites for hydroxylation is 1. The Kier molecular flexibility index (Phi) is 4.81. The van der Waals surface area contributed by atoms with Crippen LogP contribution < -0.4 is 16.4 Å². The molecule has 1 aromatic rings. The van der Waals surface area contributed by atoms with E-state index in [1.807, 2.05) is 12.2 Å². The third kappa shape index (κ3) is 3.95. The van der Waals surface area contributed by atoms with Crippen LogP contribution >= 0.6 is 0 Å². The van der Waals surface area contributed by atoms with E-state index in [1.54, 1.807) is 12.1 Å². The molecule has 0 bridgehead atoms. The number of carbonyl (C=O) groups is 1. The number of para-hydroxylation sites is 1. The van der Waals surface area contributed by atoms with E-state index in [-0.39, 0.29) is 11.4 Å². The maximum Gasteiger partial charge on any atom is 0.326 e. The second kappa shape index (κ2) is 6.34. The van der Waals surface area contributed by atoms with Crippen molar-refractivity contribution in [3.8, 4) is 0 Å². The fourth-order valence-corrected chi connectivity index (χ4v) is 1.63. The molecule has 0 spiro atoms. The van der Waals surface area contributed by atoms with Gasteiger partial charge in [-0.2, -0.15) is 0 Å². The van der Waals surface area contributed by atoms with Gasteiger partial charge in [0, 0.05) is 6.07 Å². The molecule has 0 unspecified atom stereocenters. The van der Waals surface area contributed by atoms with Crippen molar-refractivity contribution >= 4 is 23.4 Å². The summed E-state index contributed by atoms with van der Waals surface area (Å²) in [5, 5.41) is 22.3. The molecule has 0 radical (unpaired) electrons. The minimum Gasteiger partial charge on any atom is -0.370 e. The molecule has 0 saturated carbocycles. The third-order valence-electron chi connectivity index (χ3n) is 2.33. The molecule has 1 aromatic carbocycles. The molecular weight excluding hydrogens is 250 g/mol. The monoisotopic (exact) mass is 265 g/mol. The summed E-state index contributed by atoms with van der Waals surface area (Å²) < 4.78 is 0. The van der Waals surface area contributed by atoms with Gasteiger partial charge in [-0.1, -0.05) is 25.5 Å². The number of hydrogen-bond donors (Lipinski definition) is 4. The predicted molar refractivity (Wildman–Crippen MR) is 71.2 cm³/mol. The maximum atomic E-state index is 11.5. The second-order valence-electron chi connectivity index (χ2n) is 3.81. The number of urea groups is 1. The van der Waals surface area contributed by atoms with Gasteiger partial charge in [-0.05, 0) is 12.0 Å². The quantitative estimate of drug-likeness (QED) is 0.284.